The Hall–Kier alpha value is -1.79. The molecule has 1 heterocycles. The number of amides is 1. The van der Waals surface area contributed by atoms with Gasteiger partial charge in [-0.1, -0.05) is 17.7 Å². The van der Waals surface area contributed by atoms with E-state index in [1.54, 1.807) is 11.8 Å². The molecule has 0 atom stereocenters. The third-order valence-electron chi connectivity index (χ3n) is 3.62. The van der Waals surface area contributed by atoms with Crippen molar-refractivity contribution in [1.29, 1.82) is 0 Å². The first-order chi connectivity index (χ1) is 12.1. The highest BCUT2D eigenvalue weighted by atomic mass is 32.2. The van der Waals surface area contributed by atoms with Gasteiger partial charge in [0.25, 0.3) is 0 Å². The van der Waals surface area contributed by atoms with E-state index >= 15 is 0 Å². The molecule has 0 aliphatic heterocycles. The number of benzene rings is 1. The molecule has 5 nitrogen and oxygen atoms in total. The van der Waals surface area contributed by atoms with Crippen molar-refractivity contribution in [2.45, 2.75) is 32.9 Å². The lowest BCUT2D eigenvalue weighted by molar-refractivity contribution is -0.118. The number of carbonyl (C=O) groups excluding carboxylic acids is 1. The fourth-order valence-electron chi connectivity index (χ4n) is 2.30. The summed E-state index contributed by atoms with van der Waals surface area (Å²) in [5, 5.41) is 2.90. The second kappa shape index (κ2) is 10.3. The van der Waals surface area contributed by atoms with Gasteiger partial charge in [0.2, 0.25) is 11.8 Å². The van der Waals surface area contributed by atoms with Crippen LogP contribution in [0.25, 0.3) is 11.5 Å². The molecule has 25 heavy (non-hydrogen) atoms. The fraction of sp³-hybridized carbons (Fsp3) is 0.474. The topological polar surface area (TPSA) is 64.4 Å². The summed E-state index contributed by atoms with van der Waals surface area (Å²) in [7, 11) is 0. The van der Waals surface area contributed by atoms with Gasteiger partial charge in [0.15, 0.2) is 0 Å². The van der Waals surface area contributed by atoms with Crippen LogP contribution in [0, 0.1) is 13.8 Å². The summed E-state index contributed by atoms with van der Waals surface area (Å²) in [6, 6.07) is 8.08. The van der Waals surface area contributed by atoms with E-state index in [9.17, 15) is 4.79 Å². The van der Waals surface area contributed by atoms with Crippen LogP contribution < -0.4 is 5.32 Å². The molecule has 1 N–H and O–H groups in total. The Kier molecular flexibility index (Phi) is 8.01. The molecule has 1 aromatic carbocycles. The Balaban J connectivity index is 1.77. The lowest BCUT2D eigenvalue weighted by Gasteiger charge is -2.04. The molecule has 2 rings (SSSR count). The van der Waals surface area contributed by atoms with Crippen molar-refractivity contribution in [1.82, 2.24) is 10.3 Å². The zero-order valence-electron chi connectivity index (χ0n) is 15.1. The lowest BCUT2D eigenvalue weighted by Crippen LogP contribution is -2.27. The number of nitrogens with one attached hydrogen (secondary N) is 1. The molecule has 0 aliphatic rings. The molecular formula is C19H26N2O3S. The van der Waals surface area contributed by atoms with Crippen molar-refractivity contribution in [3.63, 3.8) is 0 Å². The maximum absolute atomic E-state index is 11.8. The fourth-order valence-corrected chi connectivity index (χ4v) is 3.15. The van der Waals surface area contributed by atoms with E-state index in [4.69, 9.17) is 9.15 Å². The van der Waals surface area contributed by atoms with Crippen molar-refractivity contribution in [2.24, 2.45) is 0 Å². The first kappa shape index (κ1) is 19.5. The highest BCUT2D eigenvalue weighted by Gasteiger charge is 2.12. The van der Waals surface area contributed by atoms with Crippen LogP contribution in [-0.2, 0) is 15.3 Å². The molecule has 0 spiro atoms. The number of rotatable bonds is 10. The zero-order chi connectivity index (χ0) is 18.1. The van der Waals surface area contributed by atoms with Crippen LogP contribution in [-0.4, -0.2) is 36.4 Å². The number of carbonyl (C=O) groups is 1. The van der Waals surface area contributed by atoms with Crippen molar-refractivity contribution in [2.75, 3.05) is 25.5 Å². The average molecular weight is 362 g/mol. The molecule has 6 heteroatoms. The third-order valence-corrected chi connectivity index (χ3v) is 4.57. The van der Waals surface area contributed by atoms with Gasteiger partial charge in [0.1, 0.15) is 5.76 Å². The first-order valence-electron chi connectivity index (χ1n) is 8.55. The summed E-state index contributed by atoms with van der Waals surface area (Å²) in [6.07, 6.45) is 0.840. The van der Waals surface area contributed by atoms with Gasteiger partial charge in [-0.25, -0.2) is 4.98 Å². The number of nitrogens with zero attached hydrogens (tertiary/aromatic N) is 1. The van der Waals surface area contributed by atoms with Crippen LogP contribution in [0.2, 0.25) is 0 Å². The Bertz CT molecular complexity index is 685. The average Bonchev–Trinajstić information content (AvgIpc) is 2.96. The van der Waals surface area contributed by atoms with Gasteiger partial charge in [0, 0.05) is 31.1 Å². The van der Waals surface area contributed by atoms with Gasteiger partial charge in [-0.15, -0.1) is 11.8 Å². The zero-order valence-corrected chi connectivity index (χ0v) is 15.9. The number of oxazole rings is 1. The molecule has 0 radical (unpaired) electrons. The minimum absolute atomic E-state index is 0.0431. The quantitative estimate of drug-likeness (QED) is 0.652. The first-order valence-corrected chi connectivity index (χ1v) is 9.71. The second-order valence-corrected chi connectivity index (χ2v) is 6.77. The number of hydrogen-bond donors (Lipinski definition) is 1. The van der Waals surface area contributed by atoms with E-state index in [1.165, 1.54) is 5.56 Å². The minimum atomic E-state index is 0.0431. The minimum Gasteiger partial charge on any atom is -0.441 e. The van der Waals surface area contributed by atoms with E-state index in [0.717, 1.165) is 23.4 Å². The van der Waals surface area contributed by atoms with Gasteiger partial charge in [-0.3, -0.25) is 4.79 Å². The van der Waals surface area contributed by atoms with Crippen molar-refractivity contribution >= 4 is 17.7 Å². The number of aromatic nitrogens is 1. The molecule has 136 valence electrons. The van der Waals surface area contributed by atoms with E-state index in [0.29, 0.717) is 37.2 Å². The molecule has 1 amide bonds. The van der Waals surface area contributed by atoms with Crippen LogP contribution in [0.1, 0.15) is 30.4 Å². The molecule has 0 fully saturated rings. The van der Waals surface area contributed by atoms with Crippen molar-refractivity contribution in [3.05, 3.63) is 41.3 Å². The highest BCUT2D eigenvalue weighted by molar-refractivity contribution is 7.99. The monoisotopic (exact) mass is 362 g/mol. The molecule has 0 unspecified atom stereocenters. The maximum Gasteiger partial charge on any atom is 0.230 e. The summed E-state index contributed by atoms with van der Waals surface area (Å²) in [4.78, 5) is 16.4. The van der Waals surface area contributed by atoms with Crippen LogP contribution in [0.5, 0.6) is 0 Å². The van der Waals surface area contributed by atoms with E-state index in [1.807, 2.05) is 39.0 Å². The third kappa shape index (κ3) is 6.55. The van der Waals surface area contributed by atoms with E-state index in [-0.39, 0.29) is 5.91 Å². The van der Waals surface area contributed by atoms with Gasteiger partial charge >= 0.3 is 0 Å². The molecule has 0 aliphatic carbocycles. The number of hydrogen-bond acceptors (Lipinski definition) is 5. The Morgan fingerprint density at radius 1 is 1.36 bits per heavy atom. The van der Waals surface area contributed by atoms with E-state index in [2.05, 4.69) is 16.4 Å². The van der Waals surface area contributed by atoms with Crippen LogP contribution >= 0.6 is 11.8 Å². The number of thioether (sulfide) groups is 1. The standard InChI is InChI=1S/C19H26N2O3S/c1-4-23-10-6-9-20-18(22)13-25-12-17-15(3)24-19(21-17)16-8-5-7-14(2)11-16/h5,7-8,11H,4,6,9-10,12-13H2,1-3H3,(H,20,22). The van der Waals surface area contributed by atoms with Gasteiger partial charge in [-0.05, 0) is 39.3 Å². The summed E-state index contributed by atoms with van der Waals surface area (Å²) in [6.45, 7) is 7.97. The number of aryl methyl sites for hydroxylation is 2. The molecule has 0 saturated heterocycles. The predicted molar refractivity (Wildman–Crippen MR) is 102 cm³/mol. The van der Waals surface area contributed by atoms with Crippen molar-refractivity contribution in [3.8, 4) is 11.5 Å². The molecule has 0 saturated carbocycles. The van der Waals surface area contributed by atoms with Crippen LogP contribution in [0.4, 0.5) is 0 Å². The van der Waals surface area contributed by atoms with Crippen molar-refractivity contribution < 1.29 is 13.9 Å². The Morgan fingerprint density at radius 3 is 2.96 bits per heavy atom. The van der Waals surface area contributed by atoms with Gasteiger partial charge < -0.3 is 14.5 Å². The summed E-state index contributed by atoms with van der Waals surface area (Å²) in [5.74, 6) is 2.56. The highest BCUT2D eigenvalue weighted by Crippen LogP contribution is 2.24. The number of ether oxygens (including phenoxy) is 1. The predicted octanol–water partition coefficient (Wildman–Crippen LogP) is 3.73. The van der Waals surface area contributed by atoms with Crippen LogP contribution in [0.15, 0.2) is 28.7 Å². The largest absolute Gasteiger partial charge is 0.441 e. The maximum atomic E-state index is 11.8. The van der Waals surface area contributed by atoms with Crippen LogP contribution in [0.3, 0.4) is 0 Å². The smallest absolute Gasteiger partial charge is 0.230 e. The SMILES string of the molecule is CCOCCCNC(=O)CSCc1nc(-c2cccc(C)c2)oc1C. The van der Waals surface area contributed by atoms with Gasteiger partial charge in [0.05, 0.1) is 11.4 Å². The molecule has 0 bridgehead atoms. The normalized spacial score (nSPS) is 10.8. The summed E-state index contributed by atoms with van der Waals surface area (Å²) >= 11 is 1.54. The molecular weight excluding hydrogens is 336 g/mol. The molecule has 1 aromatic heterocycles. The summed E-state index contributed by atoms with van der Waals surface area (Å²) < 4.78 is 11.0. The van der Waals surface area contributed by atoms with Gasteiger partial charge in [-0.2, -0.15) is 0 Å². The summed E-state index contributed by atoms with van der Waals surface area (Å²) in [5.41, 5.74) is 3.04. The molecule has 2 aromatic rings. The second-order valence-electron chi connectivity index (χ2n) is 5.78. The van der Waals surface area contributed by atoms with E-state index < -0.39 is 0 Å². The lowest BCUT2D eigenvalue weighted by atomic mass is 10.1. The Labute approximate surface area is 153 Å². The Morgan fingerprint density at radius 2 is 2.20 bits per heavy atom.